The van der Waals surface area contributed by atoms with E-state index >= 15 is 0 Å². The van der Waals surface area contributed by atoms with Gasteiger partial charge in [0.1, 0.15) is 11.6 Å². The van der Waals surface area contributed by atoms with Gasteiger partial charge in [0, 0.05) is 11.8 Å². The number of hydrogen-bond donors (Lipinski definition) is 1. The van der Waals surface area contributed by atoms with E-state index in [-0.39, 0.29) is 11.7 Å². The highest BCUT2D eigenvalue weighted by Crippen LogP contribution is 2.29. The van der Waals surface area contributed by atoms with Gasteiger partial charge >= 0.3 is 6.36 Å². The minimum atomic E-state index is -4.75. The van der Waals surface area contributed by atoms with Crippen LogP contribution in [0.25, 0.3) is 16.9 Å². The number of nitrogens with one attached hydrogen (secondary N) is 1. The van der Waals surface area contributed by atoms with Crippen LogP contribution in [0, 0.1) is 13.8 Å². The lowest BCUT2D eigenvalue weighted by molar-refractivity contribution is -0.274. The molecule has 1 N–H and O–H groups in total. The van der Waals surface area contributed by atoms with Gasteiger partial charge in [0.05, 0.1) is 11.9 Å². The summed E-state index contributed by atoms with van der Waals surface area (Å²) in [6.45, 7) is 3.54. The third kappa shape index (κ3) is 4.32. The summed E-state index contributed by atoms with van der Waals surface area (Å²) >= 11 is 0. The Labute approximate surface area is 174 Å². The van der Waals surface area contributed by atoms with Crippen LogP contribution in [0.1, 0.15) is 21.7 Å². The van der Waals surface area contributed by atoms with Crippen molar-refractivity contribution >= 4 is 17.4 Å². The van der Waals surface area contributed by atoms with Gasteiger partial charge in [-0.1, -0.05) is 24.3 Å². The topological polar surface area (TPSA) is 81.4 Å². The predicted molar refractivity (Wildman–Crippen MR) is 107 cm³/mol. The van der Waals surface area contributed by atoms with Crippen LogP contribution in [0.4, 0.5) is 18.9 Å². The van der Waals surface area contributed by atoms with Crippen LogP contribution < -0.4 is 10.1 Å². The van der Waals surface area contributed by atoms with Crippen LogP contribution in [0.15, 0.2) is 54.9 Å². The van der Waals surface area contributed by atoms with E-state index < -0.39 is 6.36 Å². The number of amides is 1. The highest BCUT2D eigenvalue weighted by atomic mass is 19.4. The monoisotopic (exact) mass is 427 g/mol. The third-order valence-corrected chi connectivity index (χ3v) is 4.67. The molecule has 2 aromatic carbocycles. The molecule has 7 nitrogen and oxygen atoms in total. The van der Waals surface area contributed by atoms with Gasteiger partial charge in [-0.15, -0.1) is 23.4 Å². The SMILES string of the molecule is Cc1c(C(=O)Nc2cnc3nnc(C)n3c2)cccc1-c1ccc(OC(F)(F)F)cc1. The van der Waals surface area contributed by atoms with Crippen molar-refractivity contribution in [3.05, 3.63) is 71.8 Å². The molecule has 4 aromatic rings. The molecule has 1 amide bonds. The summed E-state index contributed by atoms with van der Waals surface area (Å²) in [5, 5.41) is 10.6. The molecule has 0 spiro atoms. The van der Waals surface area contributed by atoms with Crippen LogP contribution in [-0.4, -0.2) is 31.9 Å². The van der Waals surface area contributed by atoms with Crippen LogP contribution in [-0.2, 0) is 0 Å². The van der Waals surface area contributed by atoms with Crippen LogP contribution in [0.2, 0.25) is 0 Å². The maximum Gasteiger partial charge on any atom is 0.573 e. The van der Waals surface area contributed by atoms with E-state index in [1.807, 2.05) is 0 Å². The Balaban J connectivity index is 1.59. The Hall–Kier alpha value is -3.95. The molecule has 0 aliphatic heterocycles. The zero-order valence-electron chi connectivity index (χ0n) is 16.4. The second-order valence-corrected chi connectivity index (χ2v) is 6.76. The lowest BCUT2D eigenvalue weighted by atomic mass is 9.96. The van der Waals surface area contributed by atoms with E-state index in [1.54, 1.807) is 42.6 Å². The first-order valence-electron chi connectivity index (χ1n) is 9.16. The van der Waals surface area contributed by atoms with Gasteiger partial charge in [-0.25, -0.2) is 4.98 Å². The molecule has 4 rings (SSSR count). The Kier molecular flexibility index (Phi) is 5.05. The molecule has 2 heterocycles. The molecule has 0 bridgehead atoms. The molecule has 0 fully saturated rings. The number of ether oxygens (including phenoxy) is 1. The average molecular weight is 427 g/mol. The van der Waals surface area contributed by atoms with Gasteiger partial charge in [-0.2, -0.15) is 0 Å². The molecular weight excluding hydrogens is 411 g/mol. The summed E-state index contributed by atoms with van der Waals surface area (Å²) in [6, 6.07) is 10.7. The lowest BCUT2D eigenvalue weighted by Crippen LogP contribution is -2.17. The fourth-order valence-electron chi connectivity index (χ4n) is 3.19. The number of alkyl halides is 3. The summed E-state index contributed by atoms with van der Waals surface area (Å²) in [6.07, 6.45) is -1.59. The fraction of sp³-hybridized carbons (Fsp3) is 0.143. The van der Waals surface area contributed by atoms with Crippen molar-refractivity contribution in [3.8, 4) is 16.9 Å². The number of carbonyl (C=O) groups excluding carboxylic acids is 1. The van der Waals surface area contributed by atoms with Gasteiger partial charge in [-0.05, 0) is 48.7 Å². The van der Waals surface area contributed by atoms with E-state index in [0.29, 0.717) is 34.0 Å². The van der Waals surface area contributed by atoms with Crippen molar-refractivity contribution in [2.45, 2.75) is 20.2 Å². The normalized spacial score (nSPS) is 11.5. The molecule has 31 heavy (non-hydrogen) atoms. The fourth-order valence-corrected chi connectivity index (χ4v) is 3.19. The predicted octanol–water partition coefficient (Wildman–Crippen LogP) is 4.56. The molecule has 0 atom stereocenters. The van der Waals surface area contributed by atoms with Crippen LogP contribution in [0.3, 0.4) is 0 Å². The zero-order valence-corrected chi connectivity index (χ0v) is 16.4. The van der Waals surface area contributed by atoms with Crippen molar-refractivity contribution in [1.29, 1.82) is 0 Å². The highest BCUT2D eigenvalue weighted by molar-refractivity contribution is 6.06. The Morgan fingerprint density at radius 2 is 1.81 bits per heavy atom. The minimum Gasteiger partial charge on any atom is -0.406 e. The van der Waals surface area contributed by atoms with E-state index in [9.17, 15) is 18.0 Å². The molecule has 0 aliphatic carbocycles. The van der Waals surface area contributed by atoms with Crippen LogP contribution >= 0.6 is 0 Å². The molecule has 0 saturated carbocycles. The first-order chi connectivity index (χ1) is 14.7. The van der Waals surface area contributed by atoms with E-state index in [1.165, 1.54) is 30.5 Å². The van der Waals surface area contributed by atoms with E-state index in [4.69, 9.17) is 0 Å². The number of aryl methyl sites for hydroxylation is 1. The number of halogens is 3. The number of carbonyl (C=O) groups is 1. The second kappa shape index (κ2) is 7.71. The number of aromatic nitrogens is 4. The van der Waals surface area contributed by atoms with Gasteiger partial charge in [0.15, 0.2) is 0 Å². The summed E-state index contributed by atoms with van der Waals surface area (Å²) < 4.78 is 42.6. The van der Waals surface area contributed by atoms with E-state index in [2.05, 4.69) is 25.2 Å². The summed E-state index contributed by atoms with van der Waals surface area (Å²) in [5.74, 6) is 0.402. The van der Waals surface area contributed by atoms with Gasteiger partial charge in [-0.3, -0.25) is 9.20 Å². The highest BCUT2D eigenvalue weighted by Gasteiger charge is 2.31. The summed E-state index contributed by atoms with van der Waals surface area (Å²) in [5.41, 5.74) is 2.95. The third-order valence-electron chi connectivity index (χ3n) is 4.67. The largest absolute Gasteiger partial charge is 0.573 e. The Morgan fingerprint density at radius 3 is 2.52 bits per heavy atom. The second-order valence-electron chi connectivity index (χ2n) is 6.76. The van der Waals surface area contributed by atoms with Gasteiger partial charge in [0.2, 0.25) is 0 Å². The van der Waals surface area contributed by atoms with Crippen LogP contribution in [0.5, 0.6) is 5.75 Å². The Bertz CT molecular complexity index is 1270. The lowest BCUT2D eigenvalue weighted by Gasteiger charge is -2.13. The Morgan fingerprint density at radius 1 is 1.06 bits per heavy atom. The molecule has 2 aromatic heterocycles. The van der Waals surface area contributed by atoms with Crippen molar-refractivity contribution in [2.24, 2.45) is 0 Å². The zero-order chi connectivity index (χ0) is 22.2. The first kappa shape index (κ1) is 20.3. The maximum absolute atomic E-state index is 12.9. The van der Waals surface area contributed by atoms with Crippen molar-refractivity contribution < 1.29 is 22.7 Å². The average Bonchev–Trinajstić information content (AvgIpc) is 3.08. The van der Waals surface area contributed by atoms with Crippen molar-refractivity contribution in [1.82, 2.24) is 19.6 Å². The number of rotatable bonds is 4. The minimum absolute atomic E-state index is 0.310. The number of hydrogen-bond acceptors (Lipinski definition) is 5. The number of anilines is 1. The molecule has 0 saturated heterocycles. The standard InChI is InChI=1S/C21H16F3N5O2/c1-12-17(14-6-8-16(9-7-14)31-21(22,23)24)4-3-5-18(12)19(30)26-15-10-25-20-28-27-13(2)29(20)11-15/h3-11H,1-2H3,(H,26,30). The van der Waals surface area contributed by atoms with E-state index in [0.717, 1.165) is 5.56 Å². The molecule has 158 valence electrons. The number of nitrogens with zero attached hydrogens (tertiary/aromatic N) is 4. The van der Waals surface area contributed by atoms with Gasteiger partial charge in [0.25, 0.3) is 11.7 Å². The van der Waals surface area contributed by atoms with Gasteiger partial charge < -0.3 is 10.1 Å². The maximum atomic E-state index is 12.9. The molecular formula is C21H16F3N5O2. The molecule has 10 heteroatoms. The first-order valence-corrected chi connectivity index (χ1v) is 9.16. The van der Waals surface area contributed by atoms with Crippen molar-refractivity contribution in [2.75, 3.05) is 5.32 Å². The molecule has 0 aliphatic rings. The summed E-state index contributed by atoms with van der Waals surface area (Å²) in [4.78, 5) is 17.0. The smallest absolute Gasteiger partial charge is 0.406 e. The number of benzene rings is 2. The number of fused-ring (bicyclic) bond motifs is 1. The molecule has 0 unspecified atom stereocenters. The van der Waals surface area contributed by atoms with Crippen molar-refractivity contribution in [3.63, 3.8) is 0 Å². The summed E-state index contributed by atoms with van der Waals surface area (Å²) in [7, 11) is 0. The quantitative estimate of drug-likeness (QED) is 0.516. The molecule has 0 radical (unpaired) electrons.